The van der Waals surface area contributed by atoms with Gasteiger partial charge in [-0.2, -0.15) is 0 Å². The topological polar surface area (TPSA) is 24.5 Å². The van der Waals surface area contributed by atoms with Gasteiger partial charge in [-0.25, -0.2) is 0 Å². The summed E-state index contributed by atoms with van der Waals surface area (Å²) in [5.74, 6) is 0.976. The minimum Gasteiger partial charge on any atom is -0.496 e. The fraction of sp³-hybridized carbons (Fsp3) is 0.600. The molecule has 0 radical (unpaired) electrons. The zero-order valence-corrected chi connectivity index (χ0v) is 11.6. The maximum atomic E-state index is 5.46. The van der Waals surface area contributed by atoms with Crippen LogP contribution in [0.25, 0.3) is 0 Å². The van der Waals surface area contributed by atoms with Crippen molar-refractivity contribution >= 4 is 0 Å². The number of nitrogens with one attached hydrogen (secondary N) is 1. The van der Waals surface area contributed by atoms with E-state index in [1.807, 2.05) is 19.2 Å². The van der Waals surface area contributed by atoms with Crippen LogP contribution in [-0.4, -0.2) is 38.2 Å². The summed E-state index contributed by atoms with van der Waals surface area (Å²) < 4.78 is 5.46. The Labute approximate surface area is 110 Å². The van der Waals surface area contributed by atoms with Crippen molar-refractivity contribution in [2.24, 2.45) is 0 Å². The molecule has 0 spiro atoms. The lowest BCUT2D eigenvalue weighted by molar-refractivity contribution is 0.246. The summed E-state index contributed by atoms with van der Waals surface area (Å²) in [5.41, 5.74) is 1.25. The summed E-state index contributed by atoms with van der Waals surface area (Å²) in [6, 6.07) is 9.43. The quantitative estimate of drug-likeness (QED) is 0.802. The van der Waals surface area contributed by atoms with Gasteiger partial charge in [0, 0.05) is 24.2 Å². The molecule has 3 nitrogen and oxygen atoms in total. The molecule has 1 aromatic carbocycles. The molecule has 0 aliphatic heterocycles. The van der Waals surface area contributed by atoms with Crippen molar-refractivity contribution in [3.63, 3.8) is 0 Å². The molecule has 1 N–H and O–H groups in total. The Morgan fingerprint density at radius 2 is 2.11 bits per heavy atom. The summed E-state index contributed by atoms with van der Waals surface area (Å²) in [6.45, 7) is 4.42. The van der Waals surface area contributed by atoms with Crippen LogP contribution in [0.15, 0.2) is 24.3 Å². The summed E-state index contributed by atoms with van der Waals surface area (Å²) in [5, 5.41) is 3.42. The van der Waals surface area contributed by atoms with Crippen LogP contribution in [0.4, 0.5) is 0 Å². The summed E-state index contributed by atoms with van der Waals surface area (Å²) in [4.78, 5) is 2.56. The van der Waals surface area contributed by atoms with Crippen molar-refractivity contribution in [3.8, 4) is 5.75 Å². The monoisotopic (exact) mass is 248 g/mol. The third-order valence-corrected chi connectivity index (χ3v) is 3.75. The van der Waals surface area contributed by atoms with Crippen LogP contribution in [-0.2, 0) is 0 Å². The van der Waals surface area contributed by atoms with E-state index in [1.54, 1.807) is 7.11 Å². The normalized spacial score (nSPS) is 16.9. The molecule has 3 heteroatoms. The Kier molecular flexibility index (Phi) is 4.61. The van der Waals surface area contributed by atoms with E-state index in [2.05, 4.69) is 29.3 Å². The number of likely N-dealkylation sites (N-methyl/N-ethyl adjacent to an activating group) is 2. The van der Waals surface area contributed by atoms with Crippen LogP contribution in [0.1, 0.15) is 31.4 Å². The van der Waals surface area contributed by atoms with Crippen LogP contribution in [0.3, 0.4) is 0 Å². The summed E-state index contributed by atoms with van der Waals surface area (Å²) in [7, 11) is 3.77. The first kappa shape index (κ1) is 13.4. The zero-order chi connectivity index (χ0) is 13.0. The average molecular weight is 248 g/mol. The highest BCUT2D eigenvalue weighted by Crippen LogP contribution is 2.30. The van der Waals surface area contributed by atoms with Gasteiger partial charge in [-0.15, -0.1) is 0 Å². The second-order valence-electron chi connectivity index (χ2n) is 4.90. The number of nitrogens with zero attached hydrogens (tertiary/aromatic N) is 1. The molecule has 1 atom stereocenters. The number of hydrogen-bond donors (Lipinski definition) is 1. The minimum absolute atomic E-state index is 0.335. The lowest BCUT2D eigenvalue weighted by atomic mass is 10.1. The van der Waals surface area contributed by atoms with Crippen molar-refractivity contribution in [2.75, 3.05) is 27.2 Å². The molecule has 0 aromatic heterocycles. The molecule has 1 aliphatic carbocycles. The molecule has 1 fully saturated rings. The molecule has 2 rings (SSSR count). The summed E-state index contributed by atoms with van der Waals surface area (Å²) >= 11 is 0. The largest absolute Gasteiger partial charge is 0.496 e. The predicted octanol–water partition coefficient (Wildman–Crippen LogP) is 2.44. The molecule has 0 saturated heterocycles. The molecular weight excluding hydrogens is 224 g/mol. The highest BCUT2D eigenvalue weighted by molar-refractivity contribution is 5.36. The molecule has 100 valence electrons. The SMILES string of the molecule is CCN(CC(NC)c1ccccc1OC)C1CC1. The third kappa shape index (κ3) is 3.03. The van der Waals surface area contributed by atoms with Crippen LogP contribution in [0.2, 0.25) is 0 Å². The molecule has 0 amide bonds. The van der Waals surface area contributed by atoms with Gasteiger partial charge in [-0.3, -0.25) is 4.90 Å². The highest BCUT2D eigenvalue weighted by Gasteiger charge is 2.29. The number of ether oxygens (including phenoxy) is 1. The average Bonchev–Trinajstić information content (AvgIpc) is 3.25. The van der Waals surface area contributed by atoms with E-state index in [0.29, 0.717) is 6.04 Å². The van der Waals surface area contributed by atoms with E-state index in [-0.39, 0.29) is 0 Å². The van der Waals surface area contributed by atoms with Gasteiger partial charge in [0.2, 0.25) is 0 Å². The van der Waals surface area contributed by atoms with Crippen LogP contribution < -0.4 is 10.1 Å². The fourth-order valence-electron chi connectivity index (χ4n) is 2.51. The van der Waals surface area contributed by atoms with E-state index in [0.717, 1.165) is 24.9 Å². The molecule has 18 heavy (non-hydrogen) atoms. The number of rotatable bonds is 7. The first-order chi connectivity index (χ1) is 8.80. The fourth-order valence-corrected chi connectivity index (χ4v) is 2.51. The van der Waals surface area contributed by atoms with E-state index in [9.17, 15) is 0 Å². The van der Waals surface area contributed by atoms with Gasteiger partial charge >= 0.3 is 0 Å². The predicted molar refractivity (Wildman–Crippen MR) is 75.1 cm³/mol. The van der Waals surface area contributed by atoms with E-state index < -0.39 is 0 Å². The van der Waals surface area contributed by atoms with E-state index in [4.69, 9.17) is 4.74 Å². The second-order valence-corrected chi connectivity index (χ2v) is 4.90. The number of para-hydroxylation sites is 1. The molecular formula is C15H24N2O. The Morgan fingerprint density at radius 1 is 1.39 bits per heavy atom. The van der Waals surface area contributed by atoms with Crippen molar-refractivity contribution in [1.29, 1.82) is 0 Å². The zero-order valence-electron chi connectivity index (χ0n) is 11.6. The molecule has 1 aromatic rings. The molecule has 1 aliphatic rings. The van der Waals surface area contributed by atoms with Gasteiger partial charge in [0.05, 0.1) is 7.11 Å². The number of methoxy groups -OCH3 is 1. The lowest BCUT2D eigenvalue weighted by Crippen LogP contribution is -2.35. The van der Waals surface area contributed by atoms with E-state index in [1.165, 1.54) is 18.4 Å². The Morgan fingerprint density at radius 3 is 2.67 bits per heavy atom. The second kappa shape index (κ2) is 6.21. The van der Waals surface area contributed by atoms with Crippen molar-refractivity contribution in [3.05, 3.63) is 29.8 Å². The maximum Gasteiger partial charge on any atom is 0.123 e. The minimum atomic E-state index is 0.335. The van der Waals surface area contributed by atoms with Gasteiger partial charge in [-0.05, 0) is 32.5 Å². The van der Waals surface area contributed by atoms with Crippen LogP contribution in [0, 0.1) is 0 Å². The van der Waals surface area contributed by atoms with Gasteiger partial charge < -0.3 is 10.1 Å². The maximum absolute atomic E-state index is 5.46. The third-order valence-electron chi connectivity index (χ3n) is 3.75. The highest BCUT2D eigenvalue weighted by atomic mass is 16.5. The van der Waals surface area contributed by atoms with Gasteiger partial charge in [-0.1, -0.05) is 25.1 Å². The van der Waals surface area contributed by atoms with Crippen LogP contribution in [0.5, 0.6) is 5.75 Å². The van der Waals surface area contributed by atoms with E-state index >= 15 is 0 Å². The van der Waals surface area contributed by atoms with Gasteiger partial charge in [0.1, 0.15) is 5.75 Å². The Bertz CT molecular complexity index is 377. The van der Waals surface area contributed by atoms with Gasteiger partial charge in [0.25, 0.3) is 0 Å². The molecule has 1 unspecified atom stereocenters. The lowest BCUT2D eigenvalue weighted by Gasteiger charge is -2.27. The summed E-state index contributed by atoms with van der Waals surface area (Å²) in [6.07, 6.45) is 2.71. The Balaban J connectivity index is 2.11. The molecule has 1 saturated carbocycles. The van der Waals surface area contributed by atoms with Crippen molar-refractivity contribution in [2.45, 2.75) is 31.8 Å². The Hall–Kier alpha value is -1.06. The molecule has 0 heterocycles. The first-order valence-electron chi connectivity index (χ1n) is 6.84. The number of benzene rings is 1. The van der Waals surface area contributed by atoms with Crippen LogP contribution >= 0.6 is 0 Å². The van der Waals surface area contributed by atoms with Crippen molar-refractivity contribution in [1.82, 2.24) is 10.2 Å². The first-order valence-corrected chi connectivity index (χ1v) is 6.84. The smallest absolute Gasteiger partial charge is 0.123 e. The van der Waals surface area contributed by atoms with Crippen molar-refractivity contribution < 1.29 is 4.74 Å². The standard InChI is InChI=1S/C15H24N2O/c1-4-17(12-9-10-12)11-14(16-2)13-7-5-6-8-15(13)18-3/h5-8,12,14,16H,4,9-11H2,1-3H3. The molecule has 0 bridgehead atoms. The van der Waals surface area contributed by atoms with Gasteiger partial charge in [0.15, 0.2) is 0 Å². The number of hydrogen-bond acceptors (Lipinski definition) is 3.